The van der Waals surface area contributed by atoms with Gasteiger partial charge in [0.25, 0.3) is 0 Å². The molecule has 0 atom stereocenters. The molecule has 0 spiro atoms. The first kappa shape index (κ1) is 20.9. The molecule has 1 aromatic carbocycles. The molecule has 0 saturated heterocycles. The predicted octanol–water partition coefficient (Wildman–Crippen LogP) is 3.08. The average Bonchev–Trinajstić information content (AvgIpc) is 2.39. The van der Waals surface area contributed by atoms with Crippen molar-refractivity contribution in [3.05, 3.63) is 28.3 Å². The Bertz CT molecular complexity index is 547. The fourth-order valence-corrected chi connectivity index (χ4v) is 3.27. The zero-order valence-corrected chi connectivity index (χ0v) is 16.4. The van der Waals surface area contributed by atoms with Crippen LogP contribution >= 0.6 is 0 Å². The van der Waals surface area contributed by atoms with Crippen molar-refractivity contribution in [1.29, 1.82) is 0 Å². The summed E-state index contributed by atoms with van der Waals surface area (Å²) in [6.07, 6.45) is 0. The van der Waals surface area contributed by atoms with Crippen LogP contribution in [0.4, 0.5) is 0 Å². The Morgan fingerprint density at radius 3 is 1.79 bits per heavy atom. The molecule has 0 radical (unpaired) electrons. The van der Waals surface area contributed by atoms with Gasteiger partial charge in [-0.25, -0.2) is 0 Å². The van der Waals surface area contributed by atoms with Crippen molar-refractivity contribution in [3.63, 3.8) is 0 Å². The van der Waals surface area contributed by atoms with Gasteiger partial charge in [-0.15, -0.1) is 0 Å². The van der Waals surface area contributed by atoms with Gasteiger partial charge < -0.3 is 15.3 Å². The van der Waals surface area contributed by atoms with Gasteiger partial charge >= 0.3 is 0 Å². The van der Waals surface area contributed by atoms with E-state index in [0.717, 1.165) is 22.3 Å². The van der Waals surface area contributed by atoms with E-state index in [2.05, 4.69) is 54.5 Å². The number of aromatic hydroxyl groups is 1. The minimum Gasteiger partial charge on any atom is -0.507 e. The molecule has 0 aliphatic carbocycles. The number of benzene rings is 1. The van der Waals surface area contributed by atoms with Crippen molar-refractivity contribution in [2.45, 2.75) is 65.8 Å². The number of hydrogen-bond donors (Lipinski definition) is 3. The van der Waals surface area contributed by atoms with Gasteiger partial charge in [-0.05, 0) is 34.4 Å². The van der Waals surface area contributed by atoms with Gasteiger partial charge in [-0.1, -0.05) is 47.6 Å². The predicted molar refractivity (Wildman–Crippen MR) is 99.7 cm³/mol. The zero-order valence-electron chi connectivity index (χ0n) is 16.4. The van der Waals surface area contributed by atoms with Gasteiger partial charge in [-0.2, -0.15) is 0 Å². The molecule has 0 unspecified atom stereocenters. The molecule has 0 aliphatic rings. The van der Waals surface area contributed by atoms with Crippen LogP contribution in [-0.4, -0.2) is 46.5 Å². The third-order valence-corrected chi connectivity index (χ3v) is 4.45. The van der Waals surface area contributed by atoms with E-state index in [0.29, 0.717) is 25.4 Å². The normalized spacial score (nSPS) is 12.9. The summed E-state index contributed by atoms with van der Waals surface area (Å²) >= 11 is 0. The van der Waals surface area contributed by atoms with Crippen molar-refractivity contribution in [2.75, 3.05) is 26.3 Å². The Morgan fingerprint density at radius 1 is 0.917 bits per heavy atom. The number of nitrogens with zero attached hydrogens (tertiary/aromatic N) is 1. The molecule has 0 heterocycles. The van der Waals surface area contributed by atoms with E-state index in [1.54, 1.807) is 0 Å². The second kappa shape index (κ2) is 7.85. The summed E-state index contributed by atoms with van der Waals surface area (Å²) in [6, 6.07) is 2.08. The molecule has 0 bridgehead atoms. The van der Waals surface area contributed by atoms with Gasteiger partial charge in [0.1, 0.15) is 5.75 Å². The Labute approximate surface area is 147 Å². The fraction of sp³-hybridized carbons (Fsp3) is 0.700. The minimum absolute atomic E-state index is 0.0649. The number of hydrogen-bond acceptors (Lipinski definition) is 4. The van der Waals surface area contributed by atoms with Crippen LogP contribution in [-0.2, 0) is 17.4 Å². The second-order valence-corrected chi connectivity index (χ2v) is 8.66. The first-order valence-electron chi connectivity index (χ1n) is 8.74. The lowest BCUT2D eigenvalue weighted by molar-refractivity contribution is 0.155. The van der Waals surface area contributed by atoms with Crippen LogP contribution in [0.25, 0.3) is 0 Å². The van der Waals surface area contributed by atoms with Gasteiger partial charge in [0.05, 0.1) is 13.2 Å². The van der Waals surface area contributed by atoms with Gasteiger partial charge in [0, 0.05) is 25.2 Å². The van der Waals surface area contributed by atoms with Gasteiger partial charge in [0.2, 0.25) is 0 Å². The van der Waals surface area contributed by atoms with Crippen LogP contribution < -0.4 is 0 Å². The van der Waals surface area contributed by atoms with E-state index in [4.69, 9.17) is 0 Å². The Hall–Kier alpha value is -1.10. The van der Waals surface area contributed by atoms with Crippen LogP contribution in [0, 0.1) is 6.92 Å². The average molecular weight is 338 g/mol. The smallest absolute Gasteiger partial charge is 0.123 e. The van der Waals surface area contributed by atoms with Crippen LogP contribution in [0.5, 0.6) is 5.75 Å². The molecule has 1 rings (SSSR count). The molecular formula is C20H35NO3. The van der Waals surface area contributed by atoms with Crippen molar-refractivity contribution in [1.82, 2.24) is 4.90 Å². The van der Waals surface area contributed by atoms with E-state index in [9.17, 15) is 15.3 Å². The van der Waals surface area contributed by atoms with E-state index >= 15 is 0 Å². The van der Waals surface area contributed by atoms with Crippen molar-refractivity contribution in [2.24, 2.45) is 0 Å². The van der Waals surface area contributed by atoms with E-state index in [1.807, 2.05) is 4.90 Å². The highest BCUT2D eigenvalue weighted by molar-refractivity contribution is 5.54. The van der Waals surface area contributed by atoms with Crippen LogP contribution in [0.3, 0.4) is 0 Å². The summed E-state index contributed by atoms with van der Waals surface area (Å²) in [5.74, 6) is 0.395. The maximum Gasteiger partial charge on any atom is 0.123 e. The molecule has 3 N–H and O–H groups in total. The molecule has 4 heteroatoms. The number of aliphatic hydroxyl groups excluding tert-OH is 2. The highest BCUT2D eigenvalue weighted by Gasteiger charge is 2.29. The van der Waals surface area contributed by atoms with Crippen LogP contribution in [0.1, 0.15) is 63.8 Å². The molecule has 0 saturated carbocycles. The number of phenolic OH excluding ortho intramolecular Hbond substituents is 1. The summed E-state index contributed by atoms with van der Waals surface area (Å²) in [5.41, 5.74) is 3.84. The Kier molecular flexibility index (Phi) is 6.85. The molecular weight excluding hydrogens is 302 g/mol. The van der Waals surface area contributed by atoms with Gasteiger partial charge in [-0.3, -0.25) is 4.90 Å². The van der Waals surface area contributed by atoms with Crippen molar-refractivity contribution < 1.29 is 15.3 Å². The summed E-state index contributed by atoms with van der Waals surface area (Å²) in [5, 5.41) is 29.4. The lowest BCUT2D eigenvalue weighted by atomic mass is 9.76. The molecule has 0 fully saturated rings. The number of aliphatic hydroxyl groups is 2. The molecule has 24 heavy (non-hydrogen) atoms. The molecule has 0 aromatic heterocycles. The first-order chi connectivity index (χ1) is 10.9. The Balaban J connectivity index is 3.49. The standard InChI is InChI=1S/C20H35NO3/c1-14-15(13-21(8-10-22)9-11-23)12-16(19(2,3)4)18(24)17(14)20(5,6)7/h12,22-24H,8-11,13H2,1-7H3. The molecule has 0 amide bonds. The topological polar surface area (TPSA) is 63.9 Å². The highest BCUT2D eigenvalue weighted by Crippen LogP contribution is 2.42. The van der Waals surface area contributed by atoms with E-state index in [-0.39, 0.29) is 24.0 Å². The second-order valence-electron chi connectivity index (χ2n) is 8.66. The largest absolute Gasteiger partial charge is 0.507 e. The summed E-state index contributed by atoms with van der Waals surface area (Å²) in [6.45, 7) is 16.5. The summed E-state index contributed by atoms with van der Waals surface area (Å²) in [4.78, 5) is 2.04. The van der Waals surface area contributed by atoms with Crippen molar-refractivity contribution in [3.8, 4) is 5.75 Å². The third-order valence-electron chi connectivity index (χ3n) is 4.45. The van der Waals surface area contributed by atoms with Crippen molar-refractivity contribution >= 4 is 0 Å². The molecule has 1 aromatic rings. The monoisotopic (exact) mass is 337 g/mol. The van der Waals surface area contributed by atoms with E-state index < -0.39 is 0 Å². The minimum atomic E-state index is -0.164. The summed E-state index contributed by atoms with van der Waals surface area (Å²) in [7, 11) is 0. The SMILES string of the molecule is Cc1c(CN(CCO)CCO)cc(C(C)(C)C)c(O)c1C(C)(C)C. The zero-order chi connectivity index (χ0) is 18.7. The lowest BCUT2D eigenvalue weighted by Crippen LogP contribution is -2.30. The summed E-state index contributed by atoms with van der Waals surface area (Å²) < 4.78 is 0. The van der Waals surface area contributed by atoms with Crippen LogP contribution in [0.15, 0.2) is 6.07 Å². The highest BCUT2D eigenvalue weighted by atomic mass is 16.3. The number of rotatable bonds is 6. The molecule has 138 valence electrons. The van der Waals surface area contributed by atoms with E-state index in [1.165, 1.54) is 0 Å². The van der Waals surface area contributed by atoms with Crippen LogP contribution in [0.2, 0.25) is 0 Å². The maximum atomic E-state index is 10.9. The quantitative estimate of drug-likeness (QED) is 0.746. The molecule has 0 aliphatic heterocycles. The molecule has 4 nitrogen and oxygen atoms in total. The Morgan fingerprint density at radius 2 is 1.42 bits per heavy atom. The fourth-order valence-electron chi connectivity index (χ4n) is 3.27. The van der Waals surface area contributed by atoms with Gasteiger partial charge in [0.15, 0.2) is 0 Å². The lowest BCUT2D eigenvalue weighted by Gasteiger charge is -2.32. The number of phenols is 1. The first-order valence-corrected chi connectivity index (χ1v) is 8.74. The third kappa shape index (κ3) is 4.95. The maximum absolute atomic E-state index is 10.9.